The molecule has 3 rings (SSSR count). The third-order valence-electron chi connectivity index (χ3n) is 5.73. The maximum atomic E-state index is 12.8. The quantitative estimate of drug-likeness (QED) is 0.805. The van der Waals surface area contributed by atoms with Crippen molar-refractivity contribution in [3.63, 3.8) is 0 Å². The number of carbonyl (C=O) groups is 1. The van der Waals surface area contributed by atoms with Gasteiger partial charge in [0.05, 0.1) is 13.2 Å². The van der Waals surface area contributed by atoms with E-state index in [2.05, 4.69) is 9.80 Å². The Morgan fingerprint density at radius 1 is 1.04 bits per heavy atom. The van der Waals surface area contributed by atoms with Gasteiger partial charge in [-0.3, -0.25) is 9.69 Å². The minimum atomic E-state index is 0. The number of piperidine rings is 1. The summed E-state index contributed by atoms with van der Waals surface area (Å²) in [6, 6.07) is 0. The minimum absolute atomic E-state index is 0. The fourth-order valence-corrected chi connectivity index (χ4v) is 4.44. The van der Waals surface area contributed by atoms with Crippen LogP contribution in [0.3, 0.4) is 0 Å². The van der Waals surface area contributed by atoms with Crippen molar-refractivity contribution >= 4 is 30.7 Å². The van der Waals surface area contributed by atoms with E-state index in [9.17, 15) is 4.79 Å². The molecule has 2 saturated heterocycles. The van der Waals surface area contributed by atoms with Crippen molar-refractivity contribution in [2.45, 2.75) is 32.1 Å². The number of amides is 1. The van der Waals surface area contributed by atoms with Gasteiger partial charge in [0.25, 0.3) is 0 Å². The van der Waals surface area contributed by atoms with Crippen molar-refractivity contribution in [1.82, 2.24) is 9.80 Å². The van der Waals surface area contributed by atoms with Gasteiger partial charge in [0, 0.05) is 38.6 Å². The van der Waals surface area contributed by atoms with Crippen LogP contribution >= 0.6 is 24.8 Å². The van der Waals surface area contributed by atoms with E-state index >= 15 is 0 Å². The van der Waals surface area contributed by atoms with Crippen molar-refractivity contribution in [3.05, 3.63) is 0 Å². The lowest BCUT2D eigenvalue weighted by atomic mass is 9.91. The molecule has 7 heteroatoms. The van der Waals surface area contributed by atoms with Gasteiger partial charge in [-0.2, -0.15) is 0 Å². The Labute approximate surface area is 158 Å². The summed E-state index contributed by atoms with van der Waals surface area (Å²) in [5.41, 5.74) is 5.85. The van der Waals surface area contributed by atoms with E-state index in [0.29, 0.717) is 24.3 Å². The summed E-state index contributed by atoms with van der Waals surface area (Å²) in [4.78, 5) is 17.5. The van der Waals surface area contributed by atoms with Gasteiger partial charge < -0.3 is 15.4 Å². The first-order chi connectivity index (χ1) is 10.8. The van der Waals surface area contributed by atoms with E-state index < -0.39 is 0 Å². The van der Waals surface area contributed by atoms with Crippen LogP contribution in [0.25, 0.3) is 0 Å². The maximum absolute atomic E-state index is 12.8. The molecule has 0 bridgehead atoms. The minimum Gasteiger partial charge on any atom is -0.379 e. The van der Waals surface area contributed by atoms with Crippen LogP contribution < -0.4 is 5.73 Å². The number of hydrogen-bond acceptors (Lipinski definition) is 4. The normalized spacial score (nSPS) is 31.2. The van der Waals surface area contributed by atoms with Crippen LogP contribution in [0, 0.1) is 17.8 Å². The zero-order chi connectivity index (χ0) is 15.4. The zero-order valence-electron chi connectivity index (χ0n) is 14.5. The topological polar surface area (TPSA) is 58.8 Å². The number of ether oxygens (including phenoxy) is 1. The highest BCUT2D eigenvalue weighted by Crippen LogP contribution is 2.33. The van der Waals surface area contributed by atoms with Gasteiger partial charge in [0.2, 0.25) is 5.91 Å². The highest BCUT2D eigenvalue weighted by Gasteiger charge is 2.36. The summed E-state index contributed by atoms with van der Waals surface area (Å²) in [6.07, 6.45) is 5.76. The molecule has 2 N–H and O–H groups in total. The summed E-state index contributed by atoms with van der Waals surface area (Å²) in [5, 5.41) is 0. The number of morpholine rings is 1. The van der Waals surface area contributed by atoms with Crippen LogP contribution in [0.1, 0.15) is 32.1 Å². The van der Waals surface area contributed by atoms with Crippen LogP contribution in [0.4, 0.5) is 0 Å². The molecule has 24 heavy (non-hydrogen) atoms. The molecule has 3 fully saturated rings. The largest absolute Gasteiger partial charge is 0.379 e. The Bertz CT molecular complexity index is 381. The lowest BCUT2D eigenvalue weighted by Crippen LogP contribution is -2.48. The molecule has 1 aliphatic carbocycles. The molecule has 0 aromatic carbocycles. The first-order valence-electron chi connectivity index (χ1n) is 9.07. The molecular formula is C17H33Cl2N3O2. The highest BCUT2D eigenvalue weighted by molar-refractivity contribution is 5.85. The highest BCUT2D eigenvalue weighted by atomic mass is 35.5. The maximum Gasteiger partial charge on any atom is 0.226 e. The number of carbonyl (C=O) groups excluding carboxylic acids is 1. The Kier molecular flexibility index (Phi) is 9.90. The average Bonchev–Trinajstić information content (AvgIpc) is 3.04. The first kappa shape index (κ1) is 22.0. The number of rotatable bonds is 4. The molecule has 0 aromatic heterocycles. The molecule has 0 radical (unpaired) electrons. The van der Waals surface area contributed by atoms with Crippen molar-refractivity contribution in [1.29, 1.82) is 0 Å². The zero-order valence-corrected chi connectivity index (χ0v) is 16.2. The van der Waals surface area contributed by atoms with Gasteiger partial charge in [0.15, 0.2) is 0 Å². The molecule has 5 nitrogen and oxygen atoms in total. The van der Waals surface area contributed by atoms with Gasteiger partial charge >= 0.3 is 0 Å². The summed E-state index contributed by atoms with van der Waals surface area (Å²) >= 11 is 0. The van der Waals surface area contributed by atoms with E-state index in [1.54, 1.807) is 0 Å². The van der Waals surface area contributed by atoms with Crippen LogP contribution in [-0.4, -0.2) is 68.2 Å². The molecule has 1 amide bonds. The number of likely N-dealkylation sites (tertiary alicyclic amines) is 1. The summed E-state index contributed by atoms with van der Waals surface area (Å²) in [5.74, 6) is 1.65. The fraction of sp³-hybridized carbons (Fsp3) is 0.941. The van der Waals surface area contributed by atoms with Gasteiger partial charge in [-0.05, 0) is 44.1 Å². The number of nitrogens with zero attached hydrogens (tertiary/aromatic N) is 2. The summed E-state index contributed by atoms with van der Waals surface area (Å²) < 4.78 is 5.42. The standard InChI is InChI=1S/C17H31N3O2.2ClH/c18-11-15-4-1-5-16(15)17(21)20-6-2-3-14(13-20)12-19-7-9-22-10-8-19;;/h14-16H,1-13,18H2;2*1H/t14?,15-,16-;;/m1../s1. The van der Waals surface area contributed by atoms with Gasteiger partial charge in [-0.25, -0.2) is 0 Å². The molecule has 3 atom stereocenters. The lowest BCUT2D eigenvalue weighted by Gasteiger charge is -2.38. The summed E-state index contributed by atoms with van der Waals surface area (Å²) in [6.45, 7) is 7.49. The van der Waals surface area contributed by atoms with E-state index in [0.717, 1.165) is 65.2 Å². The second kappa shape index (κ2) is 10.8. The predicted octanol–water partition coefficient (Wildman–Crippen LogP) is 1.78. The predicted molar refractivity (Wildman–Crippen MR) is 101 cm³/mol. The second-order valence-electron chi connectivity index (χ2n) is 7.24. The molecule has 0 aromatic rings. The Balaban J connectivity index is 0.00000144. The van der Waals surface area contributed by atoms with E-state index in [4.69, 9.17) is 10.5 Å². The smallest absolute Gasteiger partial charge is 0.226 e. The molecule has 142 valence electrons. The summed E-state index contributed by atoms with van der Waals surface area (Å²) in [7, 11) is 0. The van der Waals surface area contributed by atoms with Gasteiger partial charge in [-0.15, -0.1) is 24.8 Å². The first-order valence-corrected chi connectivity index (χ1v) is 9.07. The van der Waals surface area contributed by atoms with Crippen molar-refractivity contribution < 1.29 is 9.53 Å². The fourth-order valence-electron chi connectivity index (χ4n) is 4.44. The van der Waals surface area contributed by atoms with Crippen molar-refractivity contribution in [3.8, 4) is 0 Å². The van der Waals surface area contributed by atoms with Gasteiger partial charge in [-0.1, -0.05) is 6.42 Å². The molecule has 1 saturated carbocycles. The monoisotopic (exact) mass is 381 g/mol. The Morgan fingerprint density at radius 3 is 2.50 bits per heavy atom. The van der Waals surface area contributed by atoms with Crippen LogP contribution in [0.5, 0.6) is 0 Å². The molecule has 1 unspecified atom stereocenters. The Hall–Kier alpha value is -0.0700. The molecular weight excluding hydrogens is 349 g/mol. The van der Waals surface area contributed by atoms with Gasteiger partial charge in [0.1, 0.15) is 0 Å². The van der Waals surface area contributed by atoms with E-state index in [1.165, 1.54) is 12.8 Å². The lowest BCUT2D eigenvalue weighted by molar-refractivity contribution is -0.138. The Morgan fingerprint density at radius 2 is 1.79 bits per heavy atom. The molecule has 2 heterocycles. The number of hydrogen-bond donors (Lipinski definition) is 1. The van der Waals surface area contributed by atoms with Crippen LogP contribution in [0.15, 0.2) is 0 Å². The SMILES string of the molecule is Cl.Cl.NC[C@H]1CCC[C@H]1C(=O)N1CCCC(CN2CCOCC2)C1. The average molecular weight is 382 g/mol. The number of halogens is 2. The third-order valence-corrected chi connectivity index (χ3v) is 5.73. The molecule has 2 aliphatic heterocycles. The van der Waals surface area contributed by atoms with Crippen molar-refractivity contribution in [2.75, 3.05) is 52.5 Å². The number of nitrogens with two attached hydrogens (primary N) is 1. The van der Waals surface area contributed by atoms with Crippen LogP contribution in [-0.2, 0) is 9.53 Å². The van der Waals surface area contributed by atoms with E-state index in [-0.39, 0.29) is 30.7 Å². The van der Waals surface area contributed by atoms with Crippen LogP contribution in [0.2, 0.25) is 0 Å². The second-order valence-corrected chi connectivity index (χ2v) is 7.24. The molecule has 3 aliphatic rings. The van der Waals surface area contributed by atoms with Crippen molar-refractivity contribution in [2.24, 2.45) is 23.5 Å². The van der Waals surface area contributed by atoms with E-state index in [1.807, 2.05) is 0 Å². The third kappa shape index (κ3) is 5.46. The molecule has 0 spiro atoms.